The molecule has 1 amide bonds. The molecule has 6 nitrogen and oxygen atoms in total. The fraction of sp³-hybridized carbons (Fsp3) is 0.364. The van der Waals surface area contributed by atoms with Crippen molar-refractivity contribution in [3.8, 4) is 0 Å². The number of amides is 1. The topological polar surface area (TPSA) is 84.3 Å². The number of hydrogen-bond acceptors (Lipinski definition) is 4. The molecule has 0 spiro atoms. The number of carbonyl (C=O) groups is 1. The van der Waals surface area contributed by atoms with Gasteiger partial charge in [-0.05, 0) is 6.92 Å². The number of rotatable bonds is 6. The first-order chi connectivity index (χ1) is 8.95. The average Bonchev–Trinajstić information content (AvgIpc) is 2.32. The molecule has 19 heavy (non-hydrogen) atoms. The van der Waals surface area contributed by atoms with Crippen molar-refractivity contribution in [1.82, 2.24) is 5.32 Å². The summed E-state index contributed by atoms with van der Waals surface area (Å²) in [6.45, 7) is 2.25. The summed E-state index contributed by atoms with van der Waals surface area (Å²) >= 11 is 0. The van der Waals surface area contributed by atoms with Gasteiger partial charge >= 0.3 is 0 Å². The molecule has 0 aliphatic carbocycles. The van der Waals surface area contributed by atoms with Crippen LogP contribution in [0.5, 0.6) is 0 Å². The molecule has 0 fully saturated rings. The number of nitrogens with one attached hydrogen (secondary N) is 2. The van der Waals surface area contributed by atoms with Crippen LogP contribution in [-0.2, 0) is 4.79 Å². The van der Waals surface area contributed by atoms with Crippen LogP contribution in [-0.4, -0.2) is 23.9 Å². The first-order valence-corrected chi connectivity index (χ1v) is 5.59. The lowest BCUT2D eigenvalue weighted by atomic mass is 10.2. The molecule has 0 saturated heterocycles. The lowest BCUT2D eigenvalue weighted by molar-refractivity contribution is -0.385. The second-order valence-electron chi connectivity index (χ2n) is 3.67. The average molecular weight is 273 g/mol. The predicted molar refractivity (Wildman–Crippen MR) is 64.8 cm³/mol. The predicted octanol–water partition coefficient (Wildman–Crippen LogP) is 1.81. The monoisotopic (exact) mass is 273 g/mol. The summed E-state index contributed by atoms with van der Waals surface area (Å²) in [5, 5.41) is 15.3. The minimum atomic E-state index is -1.07. The van der Waals surface area contributed by atoms with Gasteiger partial charge in [-0.2, -0.15) is 0 Å². The minimum absolute atomic E-state index is 0.0253. The highest BCUT2D eigenvalue weighted by Gasteiger charge is 2.16. The maximum atomic E-state index is 13.4. The molecular formula is C11H13F2N3O3. The van der Waals surface area contributed by atoms with Gasteiger partial charge in [-0.3, -0.25) is 14.9 Å². The SMILES string of the molecule is CCNC(=O)CCNc1c(F)cc([N+](=O)[O-])cc1F. The van der Waals surface area contributed by atoms with Crippen LogP contribution in [0.2, 0.25) is 0 Å². The maximum absolute atomic E-state index is 13.4. The Balaban J connectivity index is 2.69. The van der Waals surface area contributed by atoms with Crippen molar-refractivity contribution >= 4 is 17.3 Å². The van der Waals surface area contributed by atoms with Crippen LogP contribution >= 0.6 is 0 Å². The van der Waals surface area contributed by atoms with Crippen LogP contribution in [0, 0.1) is 21.7 Å². The smallest absolute Gasteiger partial charge is 0.275 e. The molecule has 0 unspecified atom stereocenters. The van der Waals surface area contributed by atoms with E-state index in [2.05, 4.69) is 10.6 Å². The fourth-order valence-electron chi connectivity index (χ4n) is 1.42. The number of anilines is 1. The Morgan fingerprint density at radius 3 is 2.42 bits per heavy atom. The van der Waals surface area contributed by atoms with Crippen LogP contribution in [0.1, 0.15) is 13.3 Å². The minimum Gasteiger partial charge on any atom is -0.380 e. The Morgan fingerprint density at radius 1 is 1.37 bits per heavy atom. The molecule has 0 bridgehead atoms. The van der Waals surface area contributed by atoms with E-state index in [9.17, 15) is 23.7 Å². The van der Waals surface area contributed by atoms with E-state index in [0.717, 1.165) is 0 Å². The molecule has 2 N–H and O–H groups in total. The van der Waals surface area contributed by atoms with Crippen LogP contribution in [0.3, 0.4) is 0 Å². The first kappa shape index (κ1) is 14.8. The van der Waals surface area contributed by atoms with Gasteiger partial charge in [-0.25, -0.2) is 8.78 Å². The van der Waals surface area contributed by atoms with Gasteiger partial charge in [0.15, 0.2) is 11.6 Å². The van der Waals surface area contributed by atoms with Crippen molar-refractivity contribution in [2.75, 3.05) is 18.4 Å². The van der Waals surface area contributed by atoms with Gasteiger partial charge in [0.25, 0.3) is 5.69 Å². The normalized spacial score (nSPS) is 10.1. The number of nitro groups is 1. The third-order valence-corrected chi connectivity index (χ3v) is 2.27. The highest BCUT2D eigenvalue weighted by molar-refractivity contribution is 5.76. The quantitative estimate of drug-likeness (QED) is 0.611. The largest absolute Gasteiger partial charge is 0.380 e. The Morgan fingerprint density at radius 2 is 1.95 bits per heavy atom. The first-order valence-electron chi connectivity index (χ1n) is 5.59. The number of nitro benzene ring substituents is 1. The molecular weight excluding hydrogens is 260 g/mol. The summed E-state index contributed by atoms with van der Waals surface area (Å²) in [6.07, 6.45) is 0.0453. The van der Waals surface area contributed by atoms with Crippen LogP contribution in [0.25, 0.3) is 0 Å². The van der Waals surface area contributed by atoms with E-state index in [1.807, 2.05) is 0 Å². The zero-order valence-corrected chi connectivity index (χ0v) is 10.2. The molecule has 0 aromatic heterocycles. The summed E-state index contributed by atoms with van der Waals surface area (Å²) in [6, 6.07) is 1.25. The van der Waals surface area contributed by atoms with E-state index in [0.29, 0.717) is 18.7 Å². The molecule has 0 aliphatic heterocycles. The zero-order valence-electron chi connectivity index (χ0n) is 10.2. The number of carbonyl (C=O) groups excluding carboxylic acids is 1. The van der Waals surface area contributed by atoms with Gasteiger partial charge in [-0.1, -0.05) is 0 Å². The summed E-state index contributed by atoms with van der Waals surface area (Å²) in [5.74, 6) is -2.39. The summed E-state index contributed by atoms with van der Waals surface area (Å²) < 4.78 is 26.9. The Bertz CT molecular complexity index is 471. The second-order valence-corrected chi connectivity index (χ2v) is 3.67. The molecule has 0 heterocycles. The second kappa shape index (κ2) is 6.62. The fourth-order valence-corrected chi connectivity index (χ4v) is 1.42. The number of benzene rings is 1. The molecule has 0 saturated carbocycles. The van der Waals surface area contributed by atoms with E-state index in [-0.39, 0.29) is 18.9 Å². The van der Waals surface area contributed by atoms with E-state index < -0.39 is 27.9 Å². The molecule has 104 valence electrons. The lowest BCUT2D eigenvalue weighted by Gasteiger charge is -2.08. The van der Waals surface area contributed by atoms with E-state index in [1.54, 1.807) is 6.92 Å². The zero-order chi connectivity index (χ0) is 14.4. The summed E-state index contributed by atoms with van der Waals surface area (Å²) in [4.78, 5) is 20.6. The highest BCUT2D eigenvalue weighted by Crippen LogP contribution is 2.24. The van der Waals surface area contributed by atoms with Gasteiger partial charge in [-0.15, -0.1) is 0 Å². The van der Waals surface area contributed by atoms with Crippen molar-refractivity contribution in [2.45, 2.75) is 13.3 Å². The Hall–Kier alpha value is -2.25. The van der Waals surface area contributed by atoms with Crippen LogP contribution < -0.4 is 10.6 Å². The van der Waals surface area contributed by atoms with Gasteiger partial charge in [0.1, 0.15) is 5.69 Å². The van der Waals surface area contributed by atoms with E-state index in [4.69, 9.17) is 0 Å². The van der Waals surface area contributed by atoms with E-state index >= 15 is 0 Å². The third kappa shape index (κ3) is 4.16. The van der Waals surface area contributed by atoms with Gasteiger partial charge < -0.3 is 10.6 Å². The number of nitrogens with zero attached hydrogens (tertiary/aromatic N) is 1. The van der Waals surface area contributed by atoms with Gasteiger partial charge in [0.2, 0.25) is 5.91 Å². The maximum Gasteiger partial charge on any atom is 0.275 e. The highest BCUT2D eigenvalue weighted by atomic mass is 19.1. The van der Waals surface area contributed by atoms with E-state index in [1.165, 1.54) is 0 Å². The van der Waals surface area contributed by atoms with Crippen LogP contribution in [0.4, 0.5) is 20.2 Å². The van der Waals surface area contributed by atoms with Crippen molar-refractivity contribution in [3.05, 3.63) is 33.9 Å². The Kier molecular flexibility index (Phi) is 5.16. The Labute approximate surface area is 108 Å². The molecule has 1 aromatic rings. The van der Waals surface area contributed by atoms with Gasteiger partial charge in [0.05, 0.1) is 17.1 Å². The standard InChI is InChI=1S/C11H13F2N3O3/c1-2-14-10(17)3-4-15-11-8(12)5-7(16(18)19)6-9(11)13/h5-6,15H,2-4H2,1H3,(H,14,17). The molecule has 8 heteroatoms. The number of hydrogen-bond donors (Lipinski definition) is 2. The lowest BCUT2D eigenvalue weighted by Crippen LogP contribution is -2.25. The van der Waals surface area contributed by atoms with Crippen molar-refractivity contribution in [3.63, 3.8) is 0 Å². The van der Waals surface area contributed by atoms with Crippen molar-refractivity contribution < 1.29 is 18.5 Å². The molecule has 1 aromatic carbocycles. The van der Waals surface area contributed by atoms with Crippen molar-refractivity contribution in [1.29, 1.82) is 0 Å². The third-order valence-electron chi connectivity index (χ3n) is 2.27. The van der Waals surface area contributed by atoms with Crippen LogP contribution in [0.15, 0.2) is 12.1 Å². The van der Waals surface area contributed by atoms with Gasteiger partial charge in [0, 0.05) is 19.5 Å². The molecule has 1 rings (SSSR count). The molecule has 0 radical (unpaired) electrons. The number of halogens is 2. The summed E-state index contributed by atoms with van der Waals surface area (Å²) in [5.41, 5.74) is -1.14. The number of non-ortho nitro benzene ring substituents is 1. The van der Waals surface area contributed by atoms with Crippen molar-refractivity contribution in [2.24, 2.45) is 0 Å². The molecule has 0 atom stereocenters. The summed E-state index contributed by atoms with van der Waals surface area (Å²) in [7, 11) is 0. The molecule has 0 aliphatic rings.